The molecule has 0 radical (unpaired) electrons. The van der Waals surface area contributed by atoms with E-state index in [1.807, 2.05) is 0 Å². The number of halogens is 2. The molecule has 1 saturated heterocycles. The number of aromatic nitrogens is 3. The zero-order chi connectivity index (χ0) is 13.8. The Morgan fingerprint density at radius 3 is 2.91 bits per heavy atom. The van der Waals surface area contributed by atoms with Gasteiger partial charge in [-0.25, -0.2) is 9.97 Å². The predicted octanol–water partition coefficient (Wildman–Crippen LogP) is 1.59. The third-order valence-corrected chi connectivity index (χ3v) is 3.41. The molecule has 2 N–H and O–H groups in total. The highest BCUT2D eigenvalue weighted by Gasteiger charge is 2.16. The summed E-state index contributed by atoms with van der Waals surface area (Å²) in [5, 5.41) is 6.34. The van der Waals surface area contributed by atoms with Crippen molar-refractivity contribution < 1.29 is 4.79 Å². The first-order chi connectivity index (χ1) is 9.83. The SMILES string of the molecule is Cl.Cl.O=C(N[C@H]1CCCNC1)c1ccnc(-n2ccnc2)c1. The van der Waals surface area contributed by atoms with Crippen LogP contribution >= 0.6 is 24.8 Å². The molecule has 8 heteroatoms. The number of amides is 1. The highest BCUT2D eigenvalue weighted by molar-refractivity contribution is 5.94. The van der Waals surface area contributed by atoms with Crippen LogP contribution in [0.4, 0.5) is 0 Å². The van der Waals surface area contributed by atoms with Gasteiger partial charge in [-0.05, 0) is 31.5 Å². The van der Waals surface area contributed by atoms with Crippen LogP contribution in [0, 0.1) is 0 Å². The molecule has 0 saturated carbocycles. The molecule has 1 fully saturated rings. The molecule has 120 valence electrons. The quantitative estimate of drug-likeness (QED) is 0.887. The maximum absolute atomic E-state index is 12.2. The Bertz CT molecular complexity index is 585. The van der Waals surface area contributed by atoms with E-state index in [0.29, 0.717) is 11.4 Å². The molecule has 22 heavy (non-hydrogen) atoms. The van der Waals surface area contributed by atoms with E-state index in [1.54, 1.807) is 41.6 Å². The summed E-state index contributed by atoms with van der Waals surface area (Å²) < 4.78 is 1.78. The summed E-state index contributed by atoms with van der Waals surface area (Å²) in [5.41, 5.74) is 0.620. The van der Waals surface area contributed by atoms with Crippen molar-refractivity contribution in [1.29, 1.82) is 0 Å². The van der Waals surface area contributed by atoms with Crippen molar-refractivity contribution in [3.8, 4) is 5.82 Å². The average molecular weight is 344 g/mol. The minimum Gasteiger partial charge on any atom is -0.348 e. The number of imidazole rings is 1. The second-order valence-electron chi connectivity index (χ2n) is 4.89. The summed E-state index contributed by atoms with van der Waals surface area (Å²) in [7, 11) is 0. The number of hydrogen-bond acceptors (Lipinski definition) is 4. The van der Waals surface area contributed by atoms with Gasteiger partial charge in [0, 0.05) is 36.7 Å². The maximum atomic E-state index is 12.2. The number of hydrogen-bond donors (Lipinski definition) is 2. The first-order valence-corrected chi connectivity index (χ1v) is 6.79. The van der Waals surface area contributed by atoms with Crippen molar-refractivity contribution in [1.82, 2.24) is 25.2 Å². The number of carbonyl (C=O) groups excluding carboxylic acids is 1. The van der Waals surface area contributed by atoms with Crippen LogP contribution in [0.1, 0.15) is 23.2 Å². The lowest BCUT2D eigenvalue weighted by Gasteiger charge is -2.23. The highest BCUT2D eigenvalue weighted by atomic mass is 35.5. The van der Waals surface area contributed by atoms with E-state index in [4.69, 9.17) is 0 Å². The standard InChI is InChI=1S/C14H17N5O.2ClH/c20-14(18-12-2-1-4-15-9-12)11-3-5-17-13(8-11)19-7-6-16-10-19;;/h3,5-8,10,12,15H,1-2,4,9H2,(H,18,20);2*1H/t12-;;/m0../s1. The van der Waals surface area contributed by atoms with E-state index in [2.05, 4.69) is 20.6 Å². The van der Waals surface area contributed by atoms with E-state index >= 15 is 0 Å². The van der Waals surface area contributed by atoms with Crippen LogP contribution in [0.5, 0.6) is 0 Å². The minimum absolute atomic E-state index is 0. The molecule has 0 aromatic carbocycles. The van der Waals surface area contributed by atoms with E-state index in [-0.39, 0.29) is 36.8 Å². The number of rotatable bonds is 3. The van der Waals surface area contributed by atoms with Crippen molar-refractivity contribution in [2.45, 2.75) is 18.9 Å². The Labute approximate surface area is 141 Å². The lowest BCUT2D eigenvalue weighted by molar-refractivity contribution is 0.0930. The van der Waals surface area contributed by atoms with Gasteiger partial charge in [-0.2, -0.15) is 0 Å². The fourth-order valence-corrected chi connectivity index (χ4v) is 2.34. The molecule has 2 aromatic rings. The van der Waals surface area contributed by atoms with Gasteiger partial charge >= 0.3 is 0 Å². The van der Waals surface area contributed by atoms with Crippen LogP contribution in [-0.2, 0) is 0 Å². The minimum atomic E-state index is -0.0533. The summed E-state index contributed by atoms with van der Waals surface area (Å²) in [6.07, 6.45) is 8.91. The second-order valence-corrected chi connectivity index (χ2v) is 4.89. The van der Waals surface area contributed by atoms with Gasteiger partial charge in [-0.1, -0.05) is 0 Å². The molecule has 6 nitrogen and oxygen atoms in total. The number of carbonyl (C=O) groups is 1. The Hall–Kier alpha value is -1.63. The van der Waals surface area contributed by atoms with Crippen molar-refractivity contribution in [2.24, 2.45) is 0 Å². The Morgan fingerprint density at radius 1 is 1.36 bits per heavy atom. The molecule has 0 bridgehead atoms. The zero-order valence-electron chi connectivity index (χ0n) is 11.9. The molecule has 0 spiro atoms. The molecule has 0 aliphatic carbocycles. The van der Waals surface area contributed by atoms with Gasteiger partial charge in [0.15, 0.2) is 0 Å². The highest BCUT2D eigenvalue weighted by Crippen LogP contribution is 2.08. The van der Waals surface area contributed by atoms with Gasteiger partial charge in [0.05, 0.1) is 0 Å². The molecule has 1 aliphatic heterocycles. The molecular weight excluding hydrogens is 325 g/mol. The average Bonchev–Trinajstić information content (AvgIpc) is 3.03. The van der Waals surface area contributed by atoms with E-state index in [9.17, 15) is 4.79 Å². The molecule has 2 aromatic heterocycles. The van der Waals surface area contributed by atoms with E-state index in [1.165, 1.54) is 0 Å². The van der Waals surface area contributed by atoms with Crippen molar-refractivity contribution in [2.75, 3.05) is 13.1 Å². The zero-order valence-corrected chi connectivity index (χ0v) is 13.6. The van der Waals surface area contributed by atoms with E-state index < -0.39 is 0 Å². The lowest BCUT2D eigenvalue weighted by Crippen LogP contribution is -2.45. The molecule has 1 aliphatic rings. The van der Waals surface area contributed by atoms with Gasteiger partial charge in [-0.3, -0.25) is 9.36 Å². The molecule has 0 unspecified atom stereocenters. The summed E-state index contributed by atoms with van der Waals surface area (Å²) in [4.78, 5) is 20.5. The van der Waals surface area contributed by atoms with Gasteiger partial charge in [-0.15, -0.1) is 24.8 Å². The fraction of sp³-hybridized carbons (Fsp3) is 0.357. The van der Waals surface area contributed by atoms with Crippen LogP contribution in [0.15, 0.2) is 37.1 Å². The van der Waals surface area contributed by atoms with Crippen molar-refractivity contribution in [3.63, 3.8) is 0 Å². The van der Waals surface area contributed by atoms with E-state index in [0.717, 1.165) is 25.9 Å². The number of pyridine rings is 1. The summed E-state index contributed by atoms with van der Waals surface area (Å²) >= 11 is 0. The van der Waals surface area contributed by atoms with Crippen LogP contribution in [-0.4, -0.2) is 39.6 Å². The number of nitrogens with zero attached hydrogens (tertiary/aromatic N) is 3. The molecule has 1 amide bonds. The molecule has 3 heterocycles. The third kappa shape index (κ3) is 4.43. The first-order valence-electron chi connectivity index (χ1n) is 6.79. The third-order valence-electron chi connectivity index (χ3n) is 3.41. The summed E-state index contributed by atoms with van der Waals surface area (Å²) in [5.74, 6) is 0.638. The second kappa shape index (κ2) is 8.73. The van der Waals surface area contributed by atoms with Gasteiger partial charge in [0.1, 0.15) is 12.1 Å². The Morgan fingerprint density at radius 2 is 2.23 bits per heavy atom. The van der Waals surface area contributed by atoms with Crippen LogP contribution in [0.25, 0.3) is 5.82 Å². The summed E-state index contributed by atoms with van der Waals surface area (Å²) in [6, 6.07) is 3.71. The number of nitrogens with one attached hydrogen (secondary N) is 2. The predicted molar refractivity (Wildman–Crippen MR) is 89.2 cm³/mol. The van der Waals surface area contributed by atoms with Gasteiger partial charge in [0.2, 0.25) is 0 Å². The monoisotopic (exact) mass is 343 g/mol. The van der Waals surface area contributed by atoms with Crippen LogP contribution < -0.4 is 10.6 Å². The largest absolute Gasteiger partial charge is 0.348 e. The smallest absolute Gasteiger partial charge is 0.251 e. The van der Waals surface area contributed by atoms with Crippen molar-refractivity contribution in [3.05, 3.63) is 42.6 Å². The topological polar surface area (TPSA) is 71.8 Å². The lowest BCUT2D eigenvalue weighted by atomic mass is 10.1. The Kier molecular flexibility index (Phi) is 7.31. The van der Waals surface area contributed by atoms with Gasteiger partial charge in [0.25, 0.3) is 5.91 Å². The normalized spacial score (nSPS) is 17.0. The van der Waals surface area contributed by atoms with Crippen LogP contribution in [0.3, 0.4) is 0 Å². The van der Waals surface area contributed by atoms with Crippen molar-refractivity contribution >= 4 is 30.7 Å². The molecule has 3 rings (SSSR count). The summed E-state index contributed by atoms with van der Waals surface area (Å²) in [6.45, 7) is 1.87. The first kappa shape index (κ1) is 18.4. The van der Waals surface area contributed by atoms with Gasteiger partial charge < -0.3 is 10.6 Å². The fourth-order valence-electron chi connectivity index (χ4n) is 2.34. The number of piperidine rings is 1. The Balaban J connectivity index is 0.00000121. The molecular formula is C14H19Cl2N5O. The van der Waals surface area contributed by atoms with Crippen LogP contribution in [0.2, 0.25) is 0 Å². The maximum Gasteiger partial charge on any atom is 0.251 e. The molecule has 1 atom stereocenters.